The summed E-state index contributed by atoms with van der Waals surface area (Å²) in [5.74, 6) is 3.21. The van der Waals surface area contributed by atoms with E-state index in [4.69, 9.17) is 11.2 Å². The fourth-order valence-electron chi connectivity index (χ4n) is 1.65. The molecule has 0 aliphatic rings. The van der Waals surface area contributed by atoms with Crippen LogP contribution in [0.25, 0.3) is 0 Å². The van der Waals surface area contributed by atoms with Gasteiger partial charge in [-0.2, -0.15) is 0 Å². The van der Waals surface area contributed by atoms with Crippen molar-refractivity contribution in [3.05, 3.63) is 29.8 Å². The van der Waals surface area contributed by atoms with E-state index in [2.05, 4.69) is 18.2 Å². The third kappa shape index (κ3) is 5.72. The molecule has 0 aliphatic heterocycles. The number of nitrogens with one attached hydrogen (secondary N) is 1. The molecule has 3 nitrogen and oxygen atoms in total. The van der Waals surface area contributed by atoms with Crippen LogP contribution >= 0.6 is 0 Å². The van der Waals surface area contributed by atoms with Gasteiger partial charge in [0.1, 0.15) is 12.4 Å². The van der Waals surface area contributed by atoms with E-state index in [-0.39, 0.29) is 6.10 Å². The summed E-state index contributed by atoms with van der Waals surface area (Å²) in [6, 6.07) is 7.78. The Kier molecular flexibility index (Phi) is 6.93. The lowest BCUT2D eigenvalue weighted by Gasteiger charge is -2.11. The van der Waals surface area contributed by atoms with Crippen LogP contribution < -0.4 is 10.1 Å². The number of hydrogen-bond donors (Lipinski definition) is 2. The van der Waals surface area contributed by atoms with E-state index in [0.717, 1.165) is 30.7 Å². The van der Waals surface area contributed by atoms with E-state index in [1.807, 2.05) is 24.3 Å². The molecule has 1 atom stereocenters. The van der Waals surface area contributed by atoms with Crippen LogP contribution in [0.1, 0.15) is 25.3 Å². The van der Waals surface area contributed by atoms with Gasteiger partial charge in [-0.1, -0.05) is 31.4 Å². The number of aliphatic hydroxyl groups excluding tert-OH is 1. The van der Waals surface area contributed by atoms with Crippen LogP contribution in [0.5, 0.6) is 5.75 Å². The van der Waals surface area contributed by atoms with E-state index < -0.39 is 0 Å². The Balaban J connectivity index is 2.29. The number of hydrogen-bond acceptors (Lipinski definition) is 3. The molecule has 0 radical (unpaired) electrons. The fraction of sp³-hybridized carbons (Fsp3) is 0.467. The smallest absolute Gasteiger partial charge is 0.148 e. The Labute approximate surface area is 109 Å². The lowest BCUT2D eigenvalue weighted by Crippen LogP contribution is -2.26. The summed E-state index contributed by atoms with van der Waals surface area (Å²) in [5, 5.41) is 12.8. The van der Waals surface area contributed by atoms with E-state index in [1.54, 1.807) is 0 Å². The molecule has 0 heterocycles. The van der Waals surface area contributed by atoms with Crippen LogP contribution in [0.3, 0.4) is 0 Å². The quantitative estimate of drug-likeness (QED) is 0.690. The maximum Gasteiger partial charge on any atom is 0.148 e. The molecule has 1 unspecified atom stereocenters. The molecule has 2 N–H and O–H groups in total. The van der Waals surface area contributed by atoms with Gasteiger partial charge in [-0.3, -0.25) is 0 Å². The first-order valence-corrected chi connectivity index (χ1v) is 6.30. The molecule has 0 bridgehead atoms. The molecule has 0 fully saturated rings. The second-order valence-corrected chi connectivity index (χ2v) is 4.21. The molecule has 0 saturated heterocycles. The summed E-state index contributed by atoms with van der Waals surface area (Å²) in [7, 11) is 0. The summed E-state index contributed by atoms with van der Waals surface area (Å²) in [4.78, 5) is 0. The zero-order chi connectivity index (χ0) is 13.2. The first-order chi connectivity index (χ1) is 8.76. The van der Waals surface area contributed by atoms with Gasteiger partial charge in [0.05, 0.1) is 6.10 Å². The van der Waals surface area contributed by atoms with Crippen LogP contribution in [-0.4, -0.2) is 24.4 Å². The SMILES string of the molecule is C#CCOc1ccc(CNCC(O)CCC)cc1. The average molecular weight is 247 g/mol. The van der Waals surface area contributed by atoms with E-state index in [9.17, 15) is 5.11 Å². The third-order valence-electron chi connectivity index (χ3n) is 2.58. The zero-order valence-corrected chi connectivity index (χ0v) is 10.9. The third-order valence-corrected chi connectivity index (χ3v) is 2.58. The number of terminal acetylenes is 1. The van der Waals surface area contributed by atoms with Gasteiger partial charge in [-0.25, -0.2) is 0 Å². The summed E-state index contributed by atoms with van der Waals surface area (Å²) in [6.07, 6.45) is 6.70. The van der Waals surface area contributed by atoms with Gasteiger partial charge in [-0.05, 0) is 24.1 Å². The average Bonchev–Trinajstić information content (AvgIpc) is 2.38. The second-order valence-electron chi connectivity index (χ2n) is 4.21. The van der Waals surface area contributed by atoms with Crippen molar-refractivity contribution in [2.75, 3.05) is 13.2 Å². The highest BCUT2D eigenvalue weighted by atomic mass is 16.5. The van der Waals surface area contributed by atoms with Gasteiger partial charge < -0.3 is 15.2 Å². The Morgan fingerprint density at radius 2 is 2.11 bits per heavy atom. The minimum absolute atomic E-state index is 0.256. The fourth-order valence-corrected chi connectivity index (χ4v) is 1.65. The van der Waals surface area contributed by atoms with Crippen molar-refractivity contribution in [2.24, 2.45) is 0 Å². The van der Waals surface area contributed by atoms with Crippen molar-refractivity contribution in [2.45, 2.75) is 32.4 Å². The lowest BCUT2D eigenvalue weighted by molar-refractivity contribution is 0.160. The summed E-state index contributed by atoms with van der Waals surface area (Å²) in [5.41, 5.74) is 1.16. The largest absolute Gasteiger partial charge is 0.481 e. The number of aliphatic hydroxyl groups is 1. The second kappa shape index (κ2) is 8.57. The lowest BCUT2D eigenvalue weighted by atomic mass is 10.2. The summed E-state index contributed by atoms with van der Waals surface area (Å²) < 4.78 is 5.29. The standard InChI is InChI=1S/C15H21NO2/c1-3-5-14(17)12-16-11-13-6-8-15(9-7-13)18-10-4-2/h2,6-9,14,16-17H,3,5,10-12H2,1H3. The van der Waals surface area contributed by atoms with Gasteiger partial charge in [0, 0.05) is 13.1 Å². The molecular weight excluding hydrogens is 226 g/mol. The van der Waals surface area contributed by atoms with E-state index >= 15 is 0 Å². The van der Waals surface area contributed by atoms with E-state index in [0.29, 0.717) is 13.2 Å². The van der Waals surface area contributed by atoms with Crippen molar-refractivity contribution in [3.63, 3.8) is 0 Å². The molecule has 98 valence electrons. The van der Waals surface area contributed by atoms with Crippen molar-refractivity contribution in [3.8, 4) is 18.1 Å². The molecule has 18 heavy (non-hydrogen) atoms. The maximum absolute atomic E-state index is 9.57. The molecule has 1 aromatic carbocycles. The highest BCUT2D eigenvalue weighted by Crippen LogP contribution is 2.11. The van der Waals surface area contributed by atoms with Crippen LogP contribution in [0.4, 0.5) is 0 Å². The van der Waals surface area contributed by atoms with Crippen LogP contribution in [-0.2, 0) is 6.54 Å². The maximum atomic E-state index is 9.57. The normalized spacial score (nSPS) is 11.8. The van der Waals surface area contributed by atoms with Crippen LogP contribution in [0, 0.1) is 12.3 Å². The minimum atomic E-state index is -0.256. The minimum Gasteiger partial charge on any atom is -0.481 e. The predicted molar refractivity (Wildman–Crippen MR) is 73.4 cm³/mol. The molecule has 1 aromatic rings. The molecule has 0 aliphatic carbocycles. The van der Waals surface area contributed by atoms with Crippen LogP contribution in [0.15, 0.2) is 24.3 Å². The molecule has 0 aromatic heterocycles. The first-order valence-electron chi connectivity index (χ1n) is 6.30. The molecule has 0 spiro atoms. The molecular formula is C15H21NO2. The number of benzene rings is 1. The highest BCUT2D eigenvalue weighted by Gasteiger charge is 2.01. The van der Waals surface area contributed by atoms with Crippen molar-refractivity contribution >= 4 is 0 Å². The van der Waals surface area contributed by atoms with Gasteiger partial charge in [0.25, 0.3) is 0 Å². The first kappa shape index (κ1) is 14.6. The zero-order valence-electron chi connectivity index (χ0n) is 10.9. The Bertz CT molecular complexity index is 367. The Morgan fingerprint density at radius 3 is 2.72 bits per heavy atom. The van der Waals surface area contributed by atoms with Crippen molar-refractivity contribution in [1.29, 1.82) is 0 Å². The summed E-state index contributed by atoms with van der Waals surface area (Å²) >= 11 is 0. The topological polar surface area (TPSA) is 41.5 Å². The molecule has 3 heteroatoms. The Morgan fingerprint density at radius 1 is 1.39 bits per heavy atom. The van der Waals surface area contributed by atoms with Crippen LogP contribution in [0.2, 0.25) is 0 Å². The highest BCUT2D eigenvalue weighted by molar-refractivity contribution is 5.27. The molecule has 0 saturated carbocycles. The molecule has 0 amide bonds. The monoisotopic (exact) mass is 247 g/mol. The van der Waals surface area contributed by atoms with Crippen molar-refractivity contribution in [1.82, 2.24) is 5.32 Å². The van der Waals surface area contributed by atoms with E-state index in [1.165, 1.54) is 0 Å². The molecule has 1 rings (SSSR count). The predicted octanol–water partition coefficient (Wildman–Crippen LogP) is 1.95. The summed E-state index contributed by atoms with van der Waals surface area (Å²) in [6.45, 7) is 3.73. The van der Waals surface area contributed by atoms with Gasteiger partial charge >= 0.3 is 0 Å². The van der Waals surface area contributed by atoms with Gasteiger partial charge in [0.15, 0.2) is 0 Å². The van der Waals surface area contributed by atoms with Gasteiger partial charge in [0.2, 0.25) is 0 Å². The van der Waals surface area contributed by atoms with Gasteiger partial charge in [-0.15, -0.1) is 6.42 Å². The van der Waals surface area contributed by atoms with Crippen molar-refractivity contribution < 1.29 is 9.84 Å². The number of rotatable bonds is 8. The Hall–Kier alpha value is -1.50. The number of ether oxygens (including phenoxy) is 1.